The molecule has 2 heterocycles. The molecule has 0 N–H and O–H groups in total. The SMILES string of the molecule is CC1CCCN(C(=O)CS(=O)(=O)Cc2ccc(Cl)s2)C1. The number of piperidine rings is 1. The van der Waals surface area contributed by atoms with E-state index in [2.05, 4.69) is 6.92 Å². The molecule has 1 saturated heterocycles. The topological polar surface area (TPSA) is 54.5 Å². The molecule has 112 valence electrons. The Bertz CT molecular complexity index is 582. The van der Waals surface area contributed by atoms with Gasteiger partial charge in [0.15, 0.2) is 9.84 Å². The monoisotopic (exact) mass is 335 g/mol. The van der Waals surface area contributed by atoms with Crippen LogP contribution < -0.4 is 0 Å². The van der Waals surface area contributed by atoms with Gasteiger partial charge >= 0.3 is 0 Å². The lowest BCUT2D eigenvalue weighted by atomic mass is 10.0. The summed E-state index contributed by atoms with van der Waals surface area (Å²) in [6, 6.07) is 3.36. The molecule has 1 unspecified atom stereocenters. The molecule has 1 aromatic rings. The van der Waals surface area contributed by atoms with Crippen molar-refractivity contribution in [1.82, 2.24) is 4.90 Å². The van der Waals surface area contributed by atoms with Crippen molar-refractivity contribution in [3.8, 4) is 0 Å². The third-order valence-electron chi connectivity index (χ3n) is 3.34. The fourth-order valence-corrected chi connectivity index (χ4v) is 5.24. The zero-order valence-electron chi connectivity index (χ0n) is 11.3. The van der Waals surface area contributed by atoms with E-state index >= 15 is 0 Å². The van der Waals surface area contributed by atoms with Crippen molar-refractivity contribution in [2.75, 3.05) is 18.8 Å². The van der Waals surface area contributed by atoms with Gasteiger partial charge in [-0.05, 0) is 30.9 Å². The quantitative estimate of drug-likeness (QED) is 0.849. The molecular formula is C13H18ClNO3S2. The third kappa shape index (κ3) is 4.46. The predicted octanol–water partition coefficient (Wildman–Crippen LogP) is 2.57. The Morgan fingerprint density at radius 3 is 2.85 bits per heavy atom. The Labute approximate surface area is 128 Å². The number of likely N-dealkylation sites (tertiary alicyclic amines) is 1. The molecule has 0 radical (unpaired) electrons. The van der Waals surface area contributed by atoms with Crippen molar-refractivity contribution in [2.24, 2.45) is 5.92 Å². The van der Waals surface area contributed by atoms with E-state index in [1.807, 2.05) is 0 Å². The van der Waals surface area contributed by atoms with E-state index < -0.39 is 15.6 Å². The summed E-state index contributed by atoms with van der Waals surface area (Å²) in [7, 11) is -3.43. The summed E-state index contributed by atoms with van der Waals surface area (Å²) in [6.45, 7) is 3.42. The van der Waals surface area contributed by atoms with Crippen molar-refractivity contribution in [3.05, 3.63) is 21.3 Å². The second-order valence-corrected chi connectivity index (χ2v) is 9.19. The standard InChI is InChI=1S/C13H18ClNO3S2/c1-10-3-2-6-15(7-10)13(16)9-20(17,18)8-11-4-5-12(14)19-11/h4-5,10H,2-3,6-9H2,1H3. The largest absolute Gasteiger partial charge is 0.342 e. The van der Waals surface area contributed by atoms with E-state index in [9.17, 15) is 13.2 Å². The number of rotatable bonds is 4. The molecule has 0 spiro atoms. The molecule has 0 aliphatic carbocycles. The minimum absolute atomic E-state index is 0.112. The van der Waals surface area contributed by atoms with Crippen molar-refractivity contribution < 1.29 is 13.2 Å². The van der Waals surface area contributed by atoms with Crippen molar-refractivity contribution in [3.63, 3.8) is 0 Å². The van der Waals surface area contributed by atoms with Gasteiger partial charge in [0.05, 0.1) is 10.1 Å². The maximum absolute atomic E-state index is 12.1. The van der Waals surface area contributed by atoms with Crippen LogP contribution in [0.3, 0.4) is 0 Å². The molecule has 7 heteroatoms. The number of carbonyl (C=O) groups excluding carboxylic acids is 1. The molecule has 20 heavy (non-hydrogen) atoms. The molecule has 0 bridgehead atoms. The van der Waals surface area contributed by atoms with Crippen LogP contribution in [0.4, 0.5) is 0 Å². The summed E-state index contributed by atoms with van der Waals surface area (Å²) in [6.07, 6.45) is 2.05. The highest BCUT2D eigenvalue weighted by atomic mass is 35.5. The summed E-state index contributed by atoms with van der Waals surface area (Å²) < 4.78 is 24.7. The van der Waals surface area contributed by atoms with Gasteiger partial charge < -0.3 is 4.90 Å². The van der Waals surface area contributed by atoms with Crippen LogP contribution in [0, 0.1) is 5.92 Å². The van der Waals surface area contributed by atoms with E-state index in [0.717, 1.165) is 12.8 Å². The van der Waals surface area contributed by atoms with Gasteiger partial charge in [0.1, 0.15) is 5.75 Å². The smallest absolute Gasteiger partial charge is 0.237 e. The van der Waals surface area contributed by atoms with Crippen LogP contribution in [0.1, 0.15) is 24.6 Å². The number of thiophene rings is 1. The minimum atomic E-state index is -3.43. The number of hydrogen-bond acceptors (Lipinski definition) is 4. The molecule has 1 fully saturated rings. The summed E-state index contributed by atoms with van der Waals surface area (Å²) >= 11 is 7.02. The average Bonchev–Trinajstić information content (AvgIpc) is 2.73. The lowest BCUT2D eigenvalue weighted by Crippen LogP contribution is -2.42. The maximum Gasteiger partial charge on any atom is 0.237 e. The fraction of sp³-hybridized carbons (Fsp3) is 0.615. The van der Waals surface area contributed by atoms with Crippen molar-refractivity contribution >= 4 is 38.7 Å². The van der Waals surface area contributed by atoms with Crippen LogP contribution in [0.5, 0.6) is 0 Å². The molecular weight excluding hydrogens is 318 g/mol. The number of halogens is 1. The van der Waals surface area contributed by atoms with E-state index in [4.69, 9.17) is 11.6 Å². The third-order valence-corrected chi connectivity index (χ3v) is 6.20. The van der Waals surface area contributed by atoms with Crippen LogP contribution in [-0.2, 0) is 20.4 Å². The number of amides is 1. The highest BCUT2D eigenvalue weighted by Gasteiger charge is 2.25. The minimum Gasteiger partial charge on any atom is -0.342 e. The highest BCUT2D eigenvalue weighted by Crippen LogP contribution is 2.23. The van der Waals surface area contributed by atoms with Crippen LogP contribution in [0.15, 0.2) is 12.1 Å². The van der Waals surface area contributed by atoms with Gasteiger partial charge in [-0.25, -0.2) is 8.42 Å². The zero-order valence-corrected chi connectivity index (χ0v) is 13.7. The van der Waals surface area contributed by atoms with Gasteiger partial charge in [0.2, 0.25) is 5.91 Å². The lowest BCUT2D eigenvalue weighted by molar-refractivity contribution is -0.130. The first kappa shape index (κ1) is 15.8. The van der Waals surface area contributed by atoms with Gasteiger partial charge in [-0.15, -0.1) is 11.3 Å². The Morgan fingerprint density at radius 1 is 1.50 bits per heavy atom. The zero-order chi connectivity index (χ0) is 14.8. The average molecular weight is 336 g/mol. The molecule has 4 nitrogen and oxygen atoms in total. The van der Waals surface area contributed by atoms with Crippen LogP contribution in [0.25, 0.3) is 0 Å². The first-order chi connectivity index (χ1) is 9.35. The maximum atomic E-state index is 12.1. The summed E-state index contributed by atoms with van der Waals surface area (Å²) in [5.41, 5.74) is 0. The van der Waals surface area contributed by atoms with Gasteiger partial charge in [-0.3, -0.25) is 4.79 Å². The van der Waals surface area contributed by atoms with E-state index in [1.165, 1.54) is 11.3 Å². The second kappa shape index (κ2) is 6.45. The fourth-order valence-electron chi connectivity index (χ4n) is 2.39. The molecule has 1 aliphatic heterocycles. The van der Waals surface area contributed by atoms with E-state index in [-0.39, 0.29) is 11.7 Å². The summed E-state index contributed by atoms with van der Waals surface area (Å²) in [5.74, 6) is -0.347. The van der Waals surface area contributed by atoms with Gasteiger partial charge in [-0.2, -0.15) is 0 Å². The molecule has 2 rings (SSSR count). The molecule has 0 aromatic carbocycles. The second-order valence-electron chi connectivity index (χ2n) is 5.33. The Kier molecular flexibility index (Phi) is 5.09. The van der Waals surface area contributed by atoms with Gasteiger partial charge in [0, 0.05) is 18.0 Å². The molecule has 1 atom stereocenters. The Morgan fingerprint density at radius 2 is 2.25 bits per heavy atom. The van der Waals surface area contributed by atoms with E-state index in [1.54, 1.807) is 17.0 Å². The summed E-state index contributed by atoms with van der Waals surface area (Å²) in [4.78, 5) is 14.4. The molecule has 1 aromatic heterocycles. The van der Waals surface area contributed by atoms with Crippen LogP contribution >= 0.6 is 22.9 Å². The first-order valence-corrected chi connectivity index (χ1v) is 9.60. The Hall–Kier alpha value is -0.590. The highest BCUT2D eigenvalue weighted by molar-refractivity contribution is 7.91. The van der Waals surface area contributed by atoms with Gasteiger partial charge in [-0.1, -0.05) is 18.5 Å². The van der Waals surface area contributed by atoms with Crippen molar-refractivity contribution in [2.45, 2.75) is 25.5 Å². The normalized spacial score (nSPS) is 20.1. The molecule has 1 amide bonds. The number of sulfone groups is 1. The van der Waals surface area contributed by atoms with Crippen molar-refractivity contribution in [1.29, 1.82) is 0 Å². The van der Waals surface area contributed by atoms with E-state index in [0.29, 0.717) is 28.2 Å². The first-order valence-electron chi connectivity index (χ1n) is 6.58. The lowest BCUT2D eigenvalue weighted by Gasteiger charge is -2.30. The number of nitrogens with zero attached hydrogens (tertiary/aromatic N) is 1. The van der Waals surface area contributed by atoms with Gasteiger partial charge in [0.25, 0.3) is 0 Å². The Balaban J connectivity index is 1.95. The number of carbonyl (C=O) groups is 1. The summed E-state index contributed by atoms with van der Waals surface area (Å²) in [5, 5.41) is 0. The molecule has 0 saturated carbocycles. The predicted molar refractivity (Wildman–Crippen MR) is 81.8 cm³/mol. The van der Waals surface area contributed by atoms with Crippen LogP contribution in [-0.4, -0.2) is 38.1 Å². The number of hydrogen-bond donors (Lipinski definition) is 0. The van der Waals surface area contributed by atoms with Crippen LogP contribution in [0.2, 0.25) is 4.34 Å². The molecule has 1 aliphatic rings.